The lowest BCUT2D eigenvalue weighted by Gasteiger charge is -2.13. The first-order valence-corrected chi connectivity index (χ1v) is 11.7. The molecular formula is C23H17BrCl2N4O5. The Kier molecular flexibility index (Phi) is 7.25. The number of nitrogens with zero attached hydrogens (tertiary/aromatic N) is 4. The molecule has 1 N–H and O–H groups in total. The van der Waals surface area contributed by atoms with Crippen LogP contribution in [-0.4, -0.2) is 43.8 Å². The van der Waals surface area contributed by atoms with E-state index in [1.807, 2.05) is 0 Å². The summed E-state index contributed by atoms with van der Waals surface area (Å²) in [6.45, 7) is 1.35. The second kappa shape index (κ2) is 10.2. The summed E-state index contributed by atoms with van der Waals surface area (Å²) in [5, 5.41) is 14.8. The van der Waals surface area contributed by atoms with Crippen molar-refractivity contribution in [3.63, 3.8) is 0 Å². The number of carboxylic acids is 1. The highest BCUT2D eigenvalue weighted by molar-refractivity contribution is 9.10. The van der Waals surface area contributed by atoms with Crippen molar-refractivity contribution in [2.45, 2.75) is 19.8 Å². The van der Waals surface area contributed by atoms with Gasteiger partial charge in [-0.3, -0.25) is 9.59 Å². The monoisotopic (exact) mass is 578 g/mol. The highest BCUT2D eigenvalue weighted by Crippen LogP contribution is 2.38. The molecule has 180 valence electrons. The lowest BCUT2D eigenvalue weighted by atomic mass is 10.1. The van der Waals surface area contributed by atoms with Crippen LogP contribution in [0, 0.1) is 0 Å². The minimum absolute atomic E-state index is 0.123. The van der Waals surface area contributed by atoms with E-state index in [1.165, 1.54) is 20.2 Å². The van der Waals surface area contributed by atoms with Gasteiger partial charge in [0.15, 0.2) is 11.4 Å². The van der Waals surface area contributed by atoms with Gasteiger partial charge in [-0.2, -0.15) is 9.78 Å². The first-order chi connectivity index (χ1) is 16.7. The number of hydrogen-bond donors (Lipinski definition) is 1. The molecule has 0 spiro atoms. The maximum atomic E-state index is 12.2. The lowest BCUT2D eigenvalue weighted by molar-refractivity contribution is -0.136. The number of pyridine rings is 2. The van der Waals surface area contributed by atoms with Crippen molar-refractivity contribution >= 4 is 62.0 Å². The van der Waals surface area contributed by atoms with E-state index < -0.39 is 5.97 Å². The summed E-state index contributed by atoms with van der Waals surface area (Å²) in [5.41, 5.74) is 1.63. The number of carbonyl (C=O) groups is 2. The number of carboxylic acid groups (broad SMARTS) is 1. The molecule has 0 aliphatic heterocycles. The summed E-state index contributed by atoms with van der Waals surface area (Å²) < 4.78 is 13.2. The van der Waals surface area contributed by atoms with Crippen molar-refractivity contribution in [3.05, 3.63) is 68.0 Å². The molecule has 3 heterocycles. The topological polar surface area (TPSA) is 116 Å². The van der Waals surface area contributed by atoms with E-state index >= 15 is 0 Å². The third-order valence-electron chi connectivity index (χ3n) is 4.92. The number of carbonyl (C=O) groups excluding carboxylic acids is 1. The zero-order valence-electron chi connectivity index (χ0n) is 18.4. The number of rotatable bonds is 7. The van der Waals surface area contributed by atoms with Crippen LogP contribution in [0.1, 0.15) is 28.7 Å². The van der Waals surface area contributed by atoms with Gasteiger partial charge in [0.2, 0.25) is 11.8 Å². The molecule has 0 saturated heterocycles. The summed E-state index contributed by atoms with van der Waals surface area (Å²) in [4.78, 5) is 32.3. The Morgan fingerprint density at radius 3 is 2.63 bits per heavy atom. The molecule has 0 saturated carbocycles. The van der Waals surface area contributed by atoms with Gasteiger partial charge in [-0.25, -0.2) is 9.97 Å². The Hall–Kier alpha value is -3.21. The SMILES string of the molecule is COc1nc(Cc2nn(C(C)=O)c3nccc(CC(=O)O)c23)cc(Oc2cc(Cl)cc(Br)c2)c1Cl. The van der Waals surface area contributed by atoms with Crippen LogP contribution in [0.4, 0.5) is 0 Å². The molecule has 35 heavy (non-hydrogen) atoms. The van der Waals surface area contributed by atoms with Crippen molar-refractivity contribution in [2.24, 2.45) is 0 Å². The first-order valence-electron chi connectivity index (χ1n) is 10.1. The van der Waals surface area contributed by atoms with Crippen molar-refractivity contribution in [2.75, 3.05) is 7.11 Å². The van der Waals surface area contributed by atoms with Crippen LogP contribution in [0.5, 0.6) is 17.4 Å². The molecule has 0 atom stereocenters. The van der Waals surface area contributed by atoms with Crippen LogP contribution in [0.25, 0.3) is 11.0 Å². The minimum atomic E-state index is -1.02. The molecule has 0 aliphatic carbocycles. The highest BCUT2D eigenvalue weighted by Gasteiger charge is 2.21. The maximum absolute atomic E-state index is 12.2. The normalized spacial score (nSPS) is 11.0. The molecule has 0 fully saturated rings. The predicted octanol–water partition coefficient (Wildman–Crippen LogP) is 5.57. The average Bonchev–Trinajstić information content (AvgIpc) is 3.14. The fourth-order valence-electron chi connectivity index (χ4n) is 3.55. The van der Waals surface area contributed by atoms with Gasteiger partial charge in [0, 0.05) is 40.5 Å². The second-order valence-corrected chi connectivity index (χ2v) is 9.17. The molecule has 1 aromatic carbocycles. The van der Waals surface area contributed by atoms with Crippen molar-refractivity contribution in [1.82, 2.24) is 19.7 Å². The van der Waals surface area contributed by atoms with Gasteiger partial charge >= 0.3 is 5.97 Å². The summed E-state index contributed by atoms with van der Waals surface area (Å²) in [6, 6.07) is 8.27. The quantitative estimate of drug-likeness (QED) is 0.302. The number of hydrogen-bond acceptors (Lipinski definition) is 7. The number of halogens is 3. The Bertz CT molecular complexity index is 1450. The maximum Gasteiger partial charge on any atom is 0.307 e. The molecule has 0 radical (unpaired) electrons. The molecule has 0 amide bonds. The van der Waals surface area contributed by atoms with Crippen molar-refractivity contribution < 1.29 is 24.2 Å². The number of aliphatic carboxylic acids is 1. The number of ether oxygens (including phenoxy) is 2. The number of benzene rings is 1. The van der Waals surface area contributed by atoms with E-state index in [-0.39, 0.29) is 41.0 Å². The van der Waals surface area contributed by atoms with Gasteiger partial charge in [0.25, 0.3) is 0 Å². The van der Waals surface area contributed by atoms with Gasteiger partial charge in [0.1, 0.15) is 10.8 Å². The van der Waals surface area contributed by atoms with Gasteiger partial charge < -0.3 is 14.6 Å². The summed E-state index contributed by atoms with van der Waals surface area (Å²) in [6.07, 6.45) is 1.31. The van der Waals surface area contributed by atoms with E-state index in [2.05, 4.69) is 31.0 Å². The van der Waals surface area contributed by atoms with Gasteiger partial charge in [-0.1, -0.05) is 39.1 Å². The molecule has 0 bridgehead atoms. The van der Waals surface area contributed by atoms with Crippen LogP contribution in [0.15, 0.2) is 41.0 Å². The largest absolute Gasteiger partial charge is 0.481 e. The Morgan fingerprint density at radius 1 is 1.20 bits per heavy atom. The second-order valence-electron chi connectivity index (χ2n) is 7.44. The van der Waals surface area contributed by atoms with Crippen LogP contribution in [-0.2, 0) is 17.6 Å². The summed E-state index contributed by atoms with van der Waals surface area (Å²) >= 11 is 15.9. The minimum Gasteiger partial charge on any atom is -0.481 e. The lowest BCUT2D eigenvalue weighted by Crippen LogP contribution is -2.08. The van der Waals surface area contributed by atoms with E-state index in [1.54, 1.807) is 30.3 Å². The molecule has 4 rings (SSSR count). The van der Waals surface area contributed by atoms with E-state index in [9.17, 15) is 14.7 Å². The van der Waals surface area contributed by atoms with E-state index in [0.717, 1.165) is 9.15 Å². The summed E-state index contributed by atoms with van der Waals surface area (Å²) in [5.74, 6) is -0.557. The molecular weight excluding hydrogens is 563 g/mol. The standard InChI is InChI=1S/C23H17BrCl2N4O5/c1-11(31)30-22-20(12(3-4-27-22)5-19(32)33)17(29-30)9-15-10-18(21(26)23(28-15)34-2)35-16-7-13(24)6-14(25)8-16/h3-4,6-8,10H,5,9H2,1-2H3,(H,32,33). The van der Waals surface area contributed by atoms with Crippen LogP contribution >= 0.6 is 39.1 Å². The molecule has 9 nitrogen and oxygen atoms in total. The number of aromatic nitrogens is 4. The van der Waals surface area contributed by atoms with E-state index in [4.69, 9.17) is 32.7 Å². The third kappa shape index (κ3) is 5.39. The number of fused-ring (bicyclic) bond motifs is 1. The average molecular weight is 580 g/mol. The Balaban J connectivity index is 1.81. The smallest absolute Gasteiger partial charge is 0.307 e. The van der Waals surface area contributed by atoms with Crippen LogP contribution in [0.3, 0.4) is 0 Å². The van der Waals surface area contributed by atoms with Gasteiger partial charge in [-0.15, -0.1) is 0 Å². The molecule has 12 heteroatoms. The fraction of sp³-hybridized carbons (Fsp3) is 0.174. The molecule has 0 unspecified atom stereocenters. The van der Waals surface area contributed by atoms with Crippen LogP contribution < -0.4 is 9.47 Å². The predicted molar refractivity (Wildman–Crippen MR) is 133 cm³/mol. The molecule has 4 aromatic rings. The fourth-order valence-corrected chi connectivity index (χ4v) is 4.60. The third-order valence-corrected chi connectivity index (χ3v) is 5.94. The van der Waals surface area contributed by atoms with E-state index in [0.29, 0.717) is 33.1 Å². The van der Waals surface area contributed by atoms with Crippen molar-refractivity contribution in [3.8, 4) is 17.4 Å². The first kappa shape index (κ1) is 24.9. The van der Waals surface area contributed by atoms with Gasteiger partial charge in [0.05, 0.1) is 24.9 Å². The zero-order valence-corrected chi connectivity index (χ0v) is 21.5. The summed E-state index contributed by atoms with van der Waals surface area (Å²) in [7, 11) is 1.42. The van der Waals surface area contributed by atoms with Crippen LogP contribution in [0.2, 0.25) is 10.0 Å². The highest BCUT2D eigenvalue weighted by atomic mass is 79.9. The molecule has 0 aliphatic rings. The zero-order chi connectivity index (χ0) is 25.3. The van der Waals surface area contributed by atoms with Crippen molar-refractivity contribution in [1.29, 1.82) is 0 Å². The Morgan fingerprint density at radius 2 is 1.97 bits per heavy atom. The Labute approximate surface area is 217 Å². The van der Waals surface area contributed by atoms with Gasteiger partial charge in [-0.05, 0) is 29.8 Å². The number of methoxy groups -OCH3 is 1. The molecule has 3 aromatic heterocycles.